The second-order valence-corrected chi connectivity index (χ2v) is 8.95. The number of carbonyl (C=O) groups excluding carboxylic acids is 1. The molecule has 3 heterocycles. The van der Waals surface area contributed by atoms with Crippen LogP contribution in [0.25, 0.3) is 0 Å². The lowest BCUT2D eigenvalue weighted by Crippen LogP contribution is -2.48. The maximum atomic E-state index is 12.3. The van der Waals surface area contributed by atoms with Gasteiger partial charge in [-0.15, -0.1) is 0 Å². The predicted octanol–water partition coefficient (Wildman–Crippen LogP) is -0.535. The highest BCUT2D eigenvalue weighted by Gasteiger charge is 2.39. The largest absolute Gasteiger partial charge is 0.348 e. The van der Waals surface area contributed by atoms with Gasteiger partial charge in [-0.1, -0.05) is 6.42 Å². The molecule has 9 heteroatoms. The van der Waals surface area contributed by atoms with Crippen LogP contribution in [0.4, 0.5) is 0 Å². The molecule has 0 aliphatic carbocycles. The smallest absolute Gasteiger partial charge is 0.346 e. The highest BCUT2D eigenvalue weighted by molar-refractivity contribution is 7.91. The zero-order valence-corrected chi connectivity index (χ0v) is 14.1. The number of rotatable bonds is 3. The van der Waals surface area contributed by atoms with E-state index in [0.29, 0.717) is 13.0 Å². The van der Waals surface area contributed by atoms with E-state index in [4.69, 9.17) is 0 Å². The molecule has 0 spiro atoms. The molecule has 1 unspecified atom stereocenters. The van der Waals surface area contributed by atoms with E-state index in [9.17, 15) is 18.0 Å². The van der Waals surface area contributed by atoms with Crippen LogP contribution < -0.4 is 11.0 Å². The molecule has 1 aromatic heterocycles. The summed E-state index contributed by atoms with van der Waals surface area (Å²) in [5.41, 5.74) is -1.02. The topological polar surface area (TPSA) is 103 Å². The third-order valence-corrected chi connectivity index (χ3v) is 6.42. The van der Waals surface area contributed by atoms with Gasteiger partial charge in [0, 0.05) is 13.0 Å². The molecule has 0 radical (unpaired) electrons. The molecule has 8 nitrogen and oxygen atoms in total. The molecule has 1 fully saturated rings. The van der Waals surface area contributed by atoms with Crippen molar-refractivity contribution >= 4 is 15.7 Å². The molecule has 3 rings (SSSR count). The molecule has 1 amide bonds. The van der Waals surface area contributed by atoms with Crippen LogP contribution in [0.15, 0.2) is 4.79 Å². The van der Waals surface area contributed by atoms with E-state index < -0.39 is 15.4 Å². The average molecular weight is 342 g/mol. The Labute approximate surface area is 134 Å². The molecule has 0 bridgehead atoms. The van der Waals surface area contributed by atoms with Crippen molar-refractivity contribution in [1.29, 1.82) is 0 Å². The average Bonchev–Trinajstić information content (AvgIpc) is 2.78. The van der Waals surface area contributed by atoms with Gasteiger partial charge < -0.3 is 5.32 Å². The van der Waals surface area contributed by atoms with Crippen LogP contribution in [-0.2, 0) is 34.1 Å². The van der Waals surface area contributed by atoms with Crippen molar-refractivity contribution in [2.24, 2.45) is 0 Å². The van der Waals surface area contributed by atoms with Crippen molar-refractivity contribution in [2.45, 2.75) is 57.7 Å². The van der Waals surface area contributed by atoms with E-state index in [1.54, 1.807) is 11.5 Å². The molecular weight excluding hydrogens is 320 g/mol. The first-order valence-electron chi connectivity index (χ1n) is 7.96. The van der Waals surface area contributed by atoms with E-state index in [1.807, 2.05) is 0 Å². The second-order valence-electron chi connectivity index (χ2n) is 6.77. The number of nitrogens with one attached hydrogen (secondary N) is 1. The van der Waals surface area contributed by atoms with Crippen molar-refractivity contribution in [3.05, 3.63) is 16.3 Å². The van der Waals surface area contributed by atoms with Crippen LogP contribution in [-0.4, -0.2) is 45.7 Å². The Kier molecular flexibility index (Phi) is 4.07. The zero-order valence-electron chi connectivity index (χ0n) is 13.2. The van der Waals surface area contributed by atoms with Gasteiger partial charge in [-0.2, -0.15) is 5.10 Å². The van der Waals surface area contributed by atoms with Crippen LogP contribution >= 0.6 is 0 Å². The minimum atomic E-state index is -3.09. The van der Waals surface area contributed by atoms with E-state index in [1.165, 1.54) is 4.68 Å². The minimum Gasteiger partial charge on any atom is -0.348 e. The first-order valence-corrected chi connectivity index (χ1v) is 9.78. The quantitative estimate of drug-likeness (QED) is 0.795. The van der Waals surface area contributed by atoms with Crippen molar-refractivity contribution in [3.63, 3.8) is 0 Å². The summed E-state index contributed by atoms with van der Waals surface area (Å²) in [7, 11) is -3.09. The SMILES string of the molecule is CC1(NC(=O)Cn2nc3n(c2=O)CCCCC3)CCS(=O)(=O)C1. The summed E-state index contributed by atoms with van der Waals surface area (Å²) in [4.78, 5) is 24.5. The molecule has 128 valence electrons. The summed E-state index contributed by atoms with van der Waals surface area (Å²) < 4.78 is 26.0. The van der Waals surface area contributed by atoms with Gasteiger partial charge in [0.25, 0.3) is 0 Å². The van der Waals surface area contributed by atoms with Crippen LogP contribution in [0.3, 0.4) is 0 Å². The lowest BCUT2D eigenvalue weighted by atomic mass is 10.0. The van der Waals surface area contributed by atoms with Crippen LogP contribution in [0, 0.1) is 0 Å². The molecule has 1 aromatic rings. The van der Waals surface area contributed by atoms with Gasteiger partial charge in [0.1, 0.15) is 12.4 Å². The van der Waals surface area contributed by atoms with Gasteiger partial charge in [0.15, 0.2) is 9.84 Å². The summed E-state index contributed by atoms with van der Waals surface area (Å²) >= 11 is 0. The minimum absolute atomic E-state index is 0.0552. The number of amides is 1. The monoisotopic (exact) mass is 342 g/mol. The summed E-state index contributed by atoms with van der Waals surface area (Å²) in [5.74, 6) is 0.387. The Bertz CT molecular complexity index is 779. The van der Waals surface area contributed by atoms with Gasteiger partial charge in [0.2, 0.25) is 5.91 Å². The third-order valence-electron chi connectivity index (χ3n) is 4.52. The number of aryl methyl sites for hydroxylation is 1. The number of aromatic nitrogens is 3. The van der Waals surface area contributed by atoms with Crippen molar-refractivity contribution in [1.82, 2.24) is 19.7 Å². The lowest BCUT2D eigenvalue weighted by Gasteiger charge is -2.23. The van der Waals surface area contributed by atoms with E-state index in [0.717, 1.165) is 31.5 Å². The molecule has 1 atom stereocenters. The van der Waals surface area contributed by atoms with Gasteiger partial charge in [-0.05, 0) is 26.2 Å². The van der Waals surface area contributed by atoms with Crippen LogP contribution in [0.1, 0.15) is 38.4 Å². The fraction of sp³-hybridized carbons (Fsp3) is 0.786. The standard InChI is InChI=1S/C14H22N4O4S/c1-14(6-8-23(21,22)10-14)15-12(19)9-18-13(20)17-7-4-2-3-5-11(17)16-18/h2-10H2,1H3,(H,15,19). The summed E-state index contributed by atoms with van der Waals surface area (Å²) in [6, 6.07) is 0. The molecule has 0 aromatic carbocycles. The Hall–Kier alpha value is -1.64. The molecule has 2 aliphatic heterocycles. The lowest BCUT2D eigenvalue weighted by molar-refractivity contribution is -0.123. The predicted molar refractivity (Wildman–Crippen MR) is 83.9 cm³/mol. The van der Waals surface area contributed by atoms with Gasteiger partial charge in [0.05, 0.1) is 17.0 Å². The summed E-state index contributed by atoms with van der Waals surface area (Å²) in [5, 5.41) is 7.02. The highest BCUT2D eigenvalue weighted by atomic mass is 32.2. The number of hydrogen-bond donors (Lipinski definition) is 1. The summed E-state index contributed by atoms with van der Waals surface area (Å²) in [6.45, 7) is 2.20. The van der Waals surface area contributed by atoms with Crippen molar-refractivity contribution in [2.75, 3.05) is 11.5 Å². The van der Waals surface area contributed by atoms with Crippen LogP contribution in [0.2, 0.25) is 0 Å². The second kappa shape index (κ2) is 5.77. The fourth-order valence-corrected chi connectivity index (χ4v) is 5.44. The normalized spacial score (nSPS) is 26.5. The number of carbonyl (C=O) groups is 1. The van der Waals surface area contributed by atoms with Gasteiger partial charge in [-0.3, -0.25) is 9.36 Å². The zero-order chi connectivity index (χ0) is 16.7. The third kappa shape index (κ3) is 3.49. The maximum absolute atomic E-state index is 12.3. The van der Waals surface area contributed by atoms with Gasteiger partial charge >= 0.3 is 5.69 Å². The van der Waals surface area contributed by atoms with Gasteiger partial charge in [-0.25, -0.2) is 17.9 Å². The van der Waals surface area contributed by atoms with Crippen molar-refractivity contribution < 1.29 is 13.2 Å². The van der Waals surface area contributed by atoms with E-state index >= 15 is 0 Å². The molecule has 2 aliphatic rings. The van der Waals surface area contributed by atoms with E-state index in [-0.39, 0.29) is 29.6 Å². The highest BCUT2D eigenvalue weighted by Crippen LogP contribution is 2.22. The number of fused-ring (bicyclic) bond motifs is 1. The number of hydrogen-bond acceptors (Lipinski definition) is 5. The van der Waals surface area contributed by atoms with Crippen LogP contribution in [0.5, 0.6) is 0 Å². The Balaban J connectivity index is 1.70. The molecular formula is C14H22N4O4S. The first-order chi connectivity index (χ1) is 10.8. The molecule has 1 N–H and O–H groups in total. The Morgan fingerprint density at radius 3 is 2.83 bits per heavy atom. The molecule has 0 saturated carbocycles. The number of sulfone groups is 1. The number of nitrogens with zero attached hydrogens (tertiary/aromatic N) is 3. The Morgan fingerprint density at radius 2 is 2.13 bits per heavy atom. The first kappa shape index (κ1) is 16.2. The molecule has 23 heavy (non-hydrogen) atoms. The summed E-state index contributed by atoms with van der Waals surface area (Å²) in [6.07, 6.45) is 4.17. The van der Waals surface area contributed by atoms with E-state index in [2.05, 4.69) is 10.4 Å². The molecule has 1 saturated heterocycles. The maximum Gasteiger partial charge on any atom is 0.346 e. The van der Waals surface area contributed by atoms with Crippen molar-refractivity contribution in [3.8, 4) is 0 Å². The Morgan fingerprint density at radius 1 is 1.35 bits per heavy atom. The fourth-order valence-electron chi connectivity index (χ4n) is 3.35.